The van der Waals surface area contributed by atoms with Gasteiger partial charge in [-0.1, -0.05) is 13.8 Å². The Labute approximate surface area is 152 Å². The molecule has 0 saturated heterocycles. The van der Waals surface area contributed by atoms with Crippen molar-refractivity contribution < 1.29 is 4.79 Å². The predicted molar refractivity (Wildman–Crippen MR) is 101 cm³/mol. The normalized spacial score (nSPS) is 13.7. The second-order valence-electron chi connectivity index (χ2n) is 7.43. The number of pyridine rings is 1. The second kappa shape index (κ2) is 6.80. The number of ketones is 1. The van der Waals surface area contributed by atoms with E-state index < -0.39 is 0 Å². The summed E-state index contributed by atoms with van der Waals surface area (Å²) in [5.41, 5.74) is 9.37. The number of nitriles is 1. The number of nitrogens with zero attached hydrogens (tertiary/aromatic N) is 1. The molecule has 3 N–H and O–H groups in total. The van der Waals surface area contributed by atoms with Crippen LogP contribution in [0, 0.1) is 24.2 Å². The number of carbonyl (C=O) groups is 1. The van der Waals surface area contributed by atoms with Crippen LogP contribution in [-0.4, -0.2) is 10.8 Å². The molecular formula is C21H23N3O2. The third-order valence-corrected chi connectivity index (χ3v) is 4.91. The summed E-state index contributed by atoms with van der Waals surface area (Å²) in [5.74, 6) is 0.247. The van der Waals surface area contributed by atoms with Crippen LogP contribution in [-0.2, 0) is 6.42 Å². The van der Waals surface area contributed by atoms with Crippen LogP contribution in [0.5, 0.6) is 0 Å². The standard InChI is InChI=1S/C21H23N3O2/c1-11(2)18-19(17(8-13-4-5-13)12(3)24-21(18)26)20(25)15-6-14(10-22)7-16(23)9-15/h6-7,9,11,13H,4-5,8,23H2,1-3H3,(H,24,26). The summed E-state index contributed by atoms with van der Waals surface area (Å²) in [6.07, 6.45) is 3.09. The van der Waals surface area contributed by atoms with Gasteiger partial charge in [0, 0.05) is 28.1 Å². The van der Waals surface area contributed by atoms with Gasteiger partial charge < -0.3 is 10.7 Å². The molecule has 1 aromatic carbocycles. The Morgan fingerprint density at radius 1 is 1.35 bits per heavy atom. The summed E-state index contributed by atoms with van der Waals surface area (Å²) in [4.78, 5) is 28.9. The number of nitrogens with two attached hydrogens (primary N) is 1. The van der Waals surface area contributed by atoms with Gasteiger partial charge >= 0.3 is 0 Å². The lowest BCUT2D eigenvalue weighted by Crippen LogP contribution is -2.24. The highest BCUT2D eigenvalue weighted by molar-refractivity contribution is 6.11. The van der Waals surface area contributed by atoms with E-state index in [0.717, 1.165) is 30.5 Å². The van der Waals surface area contributed by atoms with E-state index in [1.165, 1.54) is 6.07 Å². The van der Waals surface area contributed by atoms with Gasteiger partial charge in [0.05, 0.1) is 11.6 Å². The van der Waals surface area contributed by atoms with Gasteiger partial charge in [-0.15, -0.1) is 0 Å². The van der Waals surface area contributed by atoms with Crippen LogP contribution in [0.25, 0.3) is 0 Å². The lowest BCUT2D eigenvalue weighted by Gasteiger charge is -2.18. The van der Waals surface area contributed by atoms with Crippen LogP contribution in [0.3, 0.4) is 0 Å². The molecule has 3 rings (SSSR count). The van der Waals surface area contributed by atoms with Crippen molar-refractivity contribution in [2.45, 2.75) is 46.0 Å². The number of benzene rings is 1. The average Bonchev–Trinajstić information content (AvgIpc) is 3.39. The molecule has 0 amide bonds. The van der Waals surface area contributed by atoms with Crippen LogP contribution in [0.2, 0.25) is 0 Å². The Morgan fingerprint density at radius 2 is 2.04 bits per heavy atom. The minimum Gasteiger partial charge on any atom is -0.399 e. The number of anilines is 1. The molecule has 1 heterocycles. The summed E-state index contributed by atoms with van der Waals surface area (Å²) in [6.45, 7) is 5.68. The monoisotopic (exact) mass is 349 g/mol. The first-order valence-corrected chi connectivity index (χ1v) is 8.92. The Morgan fingerprint density at radius 3 is 2.62 bits per heavy atom. The van der Waals surface area contributed by atoms with Gasteiger partial charge in [-0.25, -0.2) is 0 Å². The smallest absolute Gasteiger partial charge is 0.252 e. The molecule has 0 bridgehead atoms. The van der Waals surface area contributed by atoms with Crippen molar-refractivity contribution in [1.82, 2.24) is 4.98 Å². The zero-order valence-electron chi connectivity index (χ0n) is 15.3. The summed E-state index contributed by atoms with van der Waals surface area (Å²) in [7, 11) is 0. The van der Waals surface area contributed by atoms with E-state index in [4.69, 9.17) is 5.73 Å². The maximum absolute atomic E-state index is 13.4. The summed E-state index contributed by atoms with van der Waals surface area (Å²) >= 11 is 0. The number of carbonyl (C=O) groups excluding carboxylic acids is 1. The maximum atomic E-state index is 13.4. The molecule has 0 atom stereocenters. The van der Waals surface area contributed by atoms with E-state index in [1.807, 2.05) is 26.8 Å². The number of aryl methyl sites for hydroxylation is 1. The van der Waals surface area contributed by atoms with Crippen LogP contribution in [0.4, 0.5) is 5.69 Å². The maximum Gasteiger partial charge on any atom is 0.252 e. The fourth-order valence-electron chi connectivity index (χ4n) is 3.44. The lowest BCUT2D eigenvalue weighted by molar-refractivity contribution is 0.103. The average molecular weight is 349 g/mol. The summed E-state index contributed by atoms with van der Waals surface area (Å²) in [6, 6.07) is 6.68. The van der Waals surface area contributed by atoms with Crippen molar-refractivity contribution in [3.05, 3.63) is 62.1 Å². The molecule has 5 nitrogen and oxygen atoms in total. The SMILES string of the molecule is Cc1[nH]c(=O)c(C(C)C)c(C(=O)c2cc(N)cc(C#N)c2)c1CC1CC1. The van der Waals surface area contributed by atoms with E-state index in [1.54, 1.807) is 12.1 Å². The number of H-pyrrole nitrogens is 1. The quantitative estimate of drug-likeness (QED) is 0.638. The first-order chi connectivity index (χ1) is 12.3. The number of aromatic amines is 1. The minimum absolute atomic E-state index is 0.0900. The first kappa shape index (κ1) is 17.9. The van der Waals surface area contributed by atoms with Gasteiger partial charge in [0.2, 0.25) is 0 Å². The zero-order chi connectivity index (χ0) is 19.0. The predicted octanol–water partition coefficient (Wildman–Crippen LogP) is 3.44. The summed E-state index contributed by atoms with van der Waals surface area (Å²) < 4.78 is 0. The van der Waals surface area contributed by atoms with Gasteiger partial charge in [-0.2, -0.15) is 5.26 Å². The van der Waals surface area contributed by atoms with Crippen LogP contribution in [0.1, 0.15) is 70.9 Å². The van der Waals surface area contributed by atoms with Crippen molar-refractivity contribution in [2.24, 2.45) is 5.92 Å². The van der Waals surface area contributed by atoms with E-state index in [0.29, 0.717) is 33.9 Å². The Kier molecular flexibility index (Phi) is 4.69. The molecule has 2 aromatic rings. The number of nitrogen functional groups attached to an aromatic ring is 1. The molecular weight excluding hydrogens is 326 g/mol. The van der Waals surface area contributed by atoms with Crippen LogP contribution < -0.4 is 11.3 Å². The van der Waals surface area contributed by atoms with Gasteiger partial charge in [0.15, 0.2) is 5.78 Å². The topological polar surface area (TPSA) is 99.7 Å². The van der Waals surface area contributed by atoms with Crippen LogP contribution >= 0.6 is 0 Å². The van der Waals surface area contributed by atoms with E-state index >= 15 is 0 Å². The Balaban J connectivity index is 2.24. The van der Waals surface area contributed by atoms with Gasteiger partial charge in [-0.05, 0) is 61.8 Å². The van der Waals surface area contributed by atoms with E-state index in [-0.39, 0.29) is 17.3 Å². The number of rotatable bonds is 5. The number of nitrogens with one attached hydrogen (secondary N) is 1. The molecule has 1 aromatic heterocycles. The molecule has 1 aliphatic carbocycles. The molecule has 1 aliphatic rings. The highest BCUT2D eigenvalue weighted by Crippen LogP contribution is 2.36. The van der Waals surface area contributed by atoms with Crippen molar-refractivity contribution in [3.63, 3.8) is 0 Å². The minimum atomic E-state index is -0.234. The number of aromatic nitrogens is 1. The fourth-order valence-corrected chi connectivity index (χ4v) is 3.44. The molecule has 26 heavy (non-hydrogen) atoms. The van der Waals surface area contributed by atoms with Gasteiger partial charge in [0.1, 0.15) is 0 Å². The number of hydrogen-bond acceptors (Lipinski definition) is 4. The fraction of sp³-hybridized carbons (Fsp3) is 0.381. The van der Waals surface area contributed by atoms with Gasteiger partial charge in [-0.3, -0.25) is 9.59 Å². The highest BCUT2D eigenvalue weighted by Gasteiger charge is 2.29. The molecule has 0 spiro atoms. The molecule has 0 unspecified atom stereocenters. The molecule has 1 saturated carbocycles. The van der Waals surface area contributed by atoms with Crippen molar-refractivity contribution >= 4 is 11.5 Å². The Bertz CT molecular complexity index is 976. The summed E-state index contributed by atoms with van der Waals surface area (Å²) in [5, 5.41) is 9.18. The lowest BCUT2D eigenvalue weighted by atomic mass is 9.86. The van der Waals surface area contributed by atoms with Gasteiger partial charge in [0.25, 0.3) is 5.56 Å². The van der Waals surface area contributed by atoms with Crippen molar-refractivity contribution in [2.75, 3.05) is 5.73 Å². The van der Waals surface area contributed by atoms with Crippen molar-refractivity contribution in [3.8, 4) is 6.07 Å². The molecule has 134 valence electrons. The third kappa shape index (κ3) is 3.41. The van der Waals surface area contributed by atoms with E-state index in [9.17, 15) is 14.9 Å². The molecule has 0 aliphatic heterocycles. The van der Waals surface area contributed by atoms with Crippen molar-refractivity contribution in [1.29, 1.82) is 5.26 Å². The first-order valence-electron chi connectivity index (χ1n) is 8.92. The zero-order valence-corrected chi connectivity index (χ0v) is 15.3. The molecule has 1 fully saturated rings. The van der Waals surface area contributed by atoms with Crippen LogP contribution in [0.15, 0.2) is 23.0 Å². The molecule has 5 heteroatoms. The molecule has 0 radical (unpaired) electrons. The Hall–Kier alpha value is -2.87. The number of hydrogen-bond donors (Lipinski definition) is 2. The van der Waals surface area contributed by atoms with E-state index in [2.05, 4.69) is 4.98 Å². The largest absolute Gasteiger partial charge is 0.399 e. The highest BCUT2D eigenvalue weighted by atomic mass is 16.1. The second-order valence-corrected chi connectivity index (χ2v) is 7.43. The third-order valence-electron chi connectivity index (χ3n) is 4.91.